The number of pyridine rings is 1. The number of hydrogen-bond acceptors (Lipinski definition) is 4. The molecule has 0 unspecified atom stereocenters. The molecular weight excluding hydrogens is 396 g/mol. The molecule has 164 valence electrons. The van der Waals surface area contributed by atoms with Gasteiger partial charge in [0.05, 0.1) is 17.9 Å². The van der Waals surface area contributed by atoms with Crippen LogP contribution in [-0.4, -0.2) is 28.4 Å². The fraction of sp³-hybridized carbons (Fsp3) is 0.357. The second-order valence-corrected chi connectivity index (χ2v) is 9.95. The van der Waals surface area contributed by atoms with E-state index in [4.69, 9.17) is 14.5 Å². The average Bonchev–Trinajstić information content (AvgIpc) is 3.08. The highest BCUT2D eigenvalue weighted by Gasteiger charge is 2.39. The number of hydrogen-bond donors (Lipinski definition) is 0. The average molecular weight is 427 g/mol. The molecule has 0 radical (unpaired) electrons. The van der Waals surface area contributed by atoms with Gasteiger partial charge in [-0.15, -0.1) is 0 Å². The molecule has 5 rings (SSSR count). The van der Waals surface area contributed by atoms with Gasteiger partial charge in [-0.25, -0.2) is 0 Å². The van der Waals surface area contributed by atoms with Gasteiger partial charge in [0.2, 0.25) is 0 Å². The molecule has 0 fully saturated rings. The summed E-state index contributed by atoms with van der Waals surface area (Å²) in [5.41, 5.74) is 7.77. The van der Waals surface area contributed by atoms with Gasteiger partial charge in [-0.05, 0) is 82.0 Å². The molecule has 32 heavy (non-hydrogen) atoms. The molecule has 0 spiro atoms. The molecule has 2 aliphatic rings. The number of nitrogens with zero attached hydrogens (tertiary/aromatic N) is 2. The van der Waals surface area contributed by atoms with Gasteiger partial charge in [0.25, 0.3) is 0 Å². The Labute approximate surface area is 190 Å². The topological polar surface area (TPSA) is 43.7 Å². The lowest BCUT2D eigenvalue weighted by Crippen LogP contribution is -2.30. The number of fused-ring (bicyclic) bond motifs is 3. The van der Waals surface area contributed by atoms with Gasteiger partial charge in [-0.3, -0.25) is 9.98 Å². The summed E-state index contributed by atoms with van der Waals surface area (Å²) in [5, 5.41) is 0. The lowest BCUT2D eigenvalue weighted by Gasteiger charge is -2.31. The second-order valence-electron chi connectivity index (χ2n) is 9.95. The quantitative estimate of drug-likeness (QED) is 0.511. The maximum Gasteiger partial charge on any atom is 0.166 e. The summed E-state index contributed by atoms with van der Waals surface area (Å²) >= 11 is 0. The van der Waals surface area contributed by atoms with Gasteiger partial charge in [0.1, 0.15) is 5.60 Å². The molecule has 4 nitrogen and oxygen atoms in total. The Morgan fingerprint density at radius 2 is 1.69 bits per heavy atom. The van der Waals surface area contributed by atoms with Crippen molar-refractivity contribution in [2.45, 2.75) is 58.6 Å². The van der Waals surface area contributed by atoms with Gasteiger partial charge in [0, 0.05) is 35.5 Å². The number of benzene rings is 2. The molecule has 2 aromatic carbocycles. The summed E-state index contributed by atoms with van der Waals surface area (Å²) in [4.78, 5) is 9.43. The fourth-order valence-electron chi connectivity index (χ4n) is 4.93. The van der Waals surface area contributed by atoms with E-state index in [-0.39, 0.29) is 11.1 Å². The Bertz CT molecular complexity index is 1210. The van der Waals surface area contributed by atoms with Crippen LogP contribution in [-0.2, 0) is 12.8 Å². The van der Waals surface area contributed by atoms with Crippen LogP contribution in [0.2, 0.25) is 0 Å². The molecule has 1 aromatic heterocycles. The first-order valence-corrected chi connectivity index (χ1v) is 11.4. The van der Waals surface area contributed by atoms with Crippen molar-refractivity contribution < 1.29 is 9.47 Å². The van der Waals surface area contributed by atoms with Crippen molar-refractivity contribution >= 4 is 5.71 Å². The van der Waals surface area contributed by atoms with Crippen LogP contribution in [0.3, 0.4) is 0 Å². The second kappa shape index (κ2) is 7.47. The Morgan fingerprint density at radius 3 is 2.44 bits per heavy atom. The molecule has 3 aromatic rings. The maximum atomic E-state index is 6.39. The van der Waals surface area contributed by atoms with Gasteiger partial charge in [0.15, 0.2) is 11.5 Å². The Morgan fingerprint density at radius 1 is 0.938 bits per heavy atom. The van der Waals surface area contributed by atoms with E-state index < -0.39 is 0 Å². The molecule has 3 heterocycles. The molecule has 0 bridgehead atoms. The monoisotopic (exact) mass is 426 g/mol. The van der Waals surface area contributed by atoms with Gasteiger partial charge >= 0.3 is 0 Å². The van der Waals surface area contributed by atoms with Crippen LogP contribution >= 0.6 is 0 Å². The minimum absolute atomic E-state index is 0.193. The fourth-order valence-corrected chi connectivity index (χ4v) is 4.93. The van der Waals surface area contributed by atoms with Crippen molar-refractivity contribution in [1.82, 2.24) is 4.98 Å². The van der Waals surface area contributed by atoms with E-state index in [1.807, 2.05) is 31.5 Å². The molecule has 0 aliphatic carbocycles. The SMILES string of the molecule is CCOc1cc2c(c3c1OC(C)(C)C3)C(c1cccc(-c3ccncc3)c1)=NC(C)(C)C2. The zero-order valence-corrected chi connectivity index (χ0v) is 19.5. The van der Waals surface area contributed by atoms with E-state index in [9.17, 15) is 0 Å². The minimum Gasteiger partial charge on any atom is -0.490 e. The smallest absolute Gasteiger partial charge is 0.166 e. The summed E-state index contributed by atoms with van der Waals surface area (Å²) in [7, 11) is 0. The lowest BCUT2D eigenvalue weighted by molar-refractivity contribution is 0.132. The zero-order chi connectivity index (χ0) is 22.5. The highest BCUT2D eigenvalue weighted by atomic mass is 16.5. The summed E-state index contributed by atoms with van der Waals surface area (Å²) in [6.45, 7) is 11.3. The first-order chi connectivity index (χ1) is 15.3. The largest absolute Gasteiger partial charge is 0.490 e. The highest BCUT2D eigenvalue weighted by Crippen LogP contribution is 2.48. The molecule has 0 amide bonds. The van der Waals surface area contributed by atoms with E-state index in [2.05, 4.69) is 63.0 Å². The van der Waals surface area contributed by atoms with Crippen molar-refractivity contribution in [2.24, 2.45) is 4.99 Å². The standard InChI is InChI=1S/C28H30N2O2/c1-6-31-23-15-21-16-27(2,3)30-25(24(21)22-17-28(4,5)32-26(22)23)20-9-7-8-19(14-20)18-10-12-29-13-11-18/h7-15H,6,16-17H2,1-5H3. The Balaban J connectivity index is 1.71. The van der Waals surface area contributed by atoms with Crippen molar-refractivity contribution in [2.75, 3.05) is 6.61 Å². The normalized spacial score (nSPS) is 17.7. The summed E-state index contributed by atoms with van der Waals surface area (Å²) in [6, 6.07) is 14.9. The van der Waals surface area contributed by atoms with Crippen molar-refractivity contribution in [3.63, 3.8) is 0 Å². The van der Waals surface area contributed by atoms with Crippen LogP contribution in [0.25, 0.3) is 11.1 Å². The third-order valence-electron chi connectivity index (χ3n) is 6.13. The van der Waals surface area contributed by atoms with Crippen molar-refractivity contribution in [1.29, 1.82) is 0 Å². The molecule has 2 aliphatic heterocycles. The van der Waals surface area contributed by atoms with Gasteiger partial charge in [-0.1, -0.05) is 18.2 Å². The van der Waals surface area contributed by atoms with E-state index in [0.717, 1.165) is 46.7 Å². The number of rotatable bonds is 4. The Hall–Kier alpha value is -3.14. The minimum atomic E-state index is -0.264. The van der Waals surface area contributed by atoms with Gasteiger partial charge in [-0.2, -0.15) is 0 Å². The first-order valence-electron chi connectivity index (χ1n) is 11.4. The molecule has 0 saturated carbocycles. The van der Waals surface area contributed by atoms with Crippen LogP contribution in [0.15, 0.2) is 59.9 Å². The number of ether oxygens (including phenoxy) is 2. The zero-order valence-electron chi connectivity index (χ0n) is 19.5. The summed E-state index contributed by atoms with van der Waals surface area (Å²) in [5.74, 6) is 1.74. The van der Waals surface area contributed by atoms with Crippen LogP contribution < -0.4 is 9.47 Å². The molecule has 0 N–H and O–H groups in total. The Kier molecular flexibility index (Phi) is 4.85. The van der Waals surface area contributed by atoms with Crippen LogP contribution in [0.4, 0.5) is 0 Å². The number of aromatic nitrogens is 1. The lowest BCUT2D eigenvalue weighted by atomic mass is 9.80. The van der Waals surface area contributed by atoms with Gasteiger partial charge < -0.3 is 9.47 Å². The first kappa shape index (κ1) is 20.7. The van der Waals surface area contributed by atoms with E-state index in [1.165, 1.54) is 16.7 Å². The van der Waals surface area contributed by atoms with Crippen molar-refractivity contribution in [3.8, 4) is 22.6 Å². The molecule has 4 heteroatoms. The van der Waals surface area contributed by atoms with E-state index in [1.54, 1.807) is 0 Å². The highest BCUT2D eigenvalue weighted by molar-refractivity contribution is 6.16. The van der Waals surface area contributed by atoms with Crippen LogP contribution in [0.5, 0.6) is 11.5 Å². The summed E-state index contributed by atoms with van der Waals surface area (Å²) in [6.07, 6.45) is 5.39. The third-order valence-corrected chi connectivity index (χ3v) is 6.13. The maximum absolute atomic E-state index is 6.39. The predicted octanol–water partition coefficient (Wildman–Crippen LogP) is 6.03. The molecular formula is C28H30N2O2. The van der Waals surface area contributed by atoms with Crippen LogP contribution in [0.1, 0.15) is 56.9 Å². The van der Waals surface area contributed by atoms with Crippen LogP contribution in [0, 0.1) is 0 Å². The third kappa shape index (κ3) is 3.68. The molecule has 0 saturated heterocycles. The number of aliphatic imine (C=N–C) groups is 1. The molecule has 0 atom stereocenters. The predicted molar refractivity (Wildman–Crippen MR) is 129 cm³/mol. The van der Waals surface area contributed by atoms with Crippen molar-refractivity contribution in [3.05, 3.63) is 77.1 Å². The summed E-state index contributed by atoms with van der Waals surface area (Å²) < 4.78 is 12.4. The van der Waals surface area contributed by atoms with E-state index >= 15 is 0 Å². The van der Waals surface area contributed by atoms with E-state index in [0.29, 0.717) is 6.61 Å².